The summed E-state index contributed by atoms with van der Waals surface area (Å²) in [5.74, 6) is -0.749. The highest BCUT2D eigenvalue weighted by Crippen LogP contribution is 2.40. The van der Waals surface area contributed by atoms with Gasteiger partial charge in [-0.05, 0) is 49.8 Å². The van der Waals surface area contributed by atoms with Crippen LogP contribution < -0.4 is 0 Å². The maximum atomic E-state index is 14.1. The maximum absolute atomic E-state index is 14.1. The van der Waals surface area contributed by atoms with E-state index in [0.29, 0.717) is 70.5 Å². The van der Waals surface area contributed by atoms with Crippen LogP contribution in [0.2, 0.25) is 0 Å². The van der Waals surface area contributed by atoms with Crippen LogP contribution in [0.15, 0.2) is 41.8 Å². The van der Waals surface area contributed by atoms with Gasteiger partial charge in [-0.3, -0.25) is 24.1 Å². The van der Waals surface area contributed by atoms with Gasteiger partial charge in [-0.1, -0.05) is 24.3 Å². The molecule has 0 unspecified atom stereocenters. The molecule has 3 aliphatic rings. The van der Waals surface area contributed by atoms with E-state index in [-0.39, 0.29) is 36.2 Å². The quantitative estimate of drug-likeness (QED) is 0.498. The van der Waals surface area contributed by atoms with Crippen molar-refractivity contribution in [1.29, 1.82) is 0 Å². The Hall–Kier alpha value is -3.24. The Bertz CT molecular complexity index is 1230. The van der Waals surface area contributed by atoms with Crippen LogP contribution in [0, 0.1) is 12.8 Å². The Kier molecular flexibility index (Phi) is 8.56. The smallest absolute Gasteiger partial charge is 0.309 e. The van der Waals surface area contributed by atoms with E-state index in [1.165, 1.54) is 0 Å². The minimum absolute atomic E-state index is 0.0594. The zero-order chi connectivity index (χ0) is 28.3. The molecular weight excluding hydrogens is 530 g/mol. The van der Waals surface area contributed by atoms with Crippen LogP contribution in [0.5, 0.6) is 0 Å². The number of hydrogen-bond acceptors (Lipinski definition) is 7. The van der Waals surface area contributed by atoms with Crippen molar-refractivity contribution in [3.63, 3.8) is 0 Å². The lowest BCUT2D eigenvalue weighted by atomic mass is 9.94. The zero-order valence-corrected chi connectivity index (χ0v) is 24.0. The number of carbonyl (C=O) groups excluding carboxylic acids is 4. The molecule has 9 nitrogen and oxygen atoms in total. The number of amides is 3. The average molecular weight is 568 g/mol. The van der Waals surface area contributed by atoms with E-state index in [1.807, 2.05) is 47.5 Å². The van der Waals surface area contributed by atoms with E-state index >= 15 is 0 Å². The molecule has 3 saturated heterocycles. The summed E-state index contributed by atoms with van der Waals surface area (Å²) in [6.07, 6.45) is 2.32. The van der Waals surface area contributed by atoms with Gasteiger partial charge in [0, 0.05) is 49.5 Å². The molecule has 10 heteroatoms. The van der Waals surface area contributed by atoms with Crippen molar-refractivity contribution in [2.24, 2.45) is 5.92 Å². The summed E-state index contributed by atoms with van der Waals surface area (Å²) in [7, 11) is 0. The lowest BCUT2D eigenvalue weighted by Crippen LogP contribution is -2.60. The number of aryl methyl sites for hydroxylation is 1. The molecule has 40 heavy (non-hydrogen) atoms. The van der Waals surface area contributed by atoms with Crippen molar-refractivity contribution in [3.8, 4) is 0 Å². The molecule has 1 spiro atoms. The van der Waals surface area contributed by atoms with Gasteiger partial charge in [0.1, 0.15) is 11.8 Å². The predicted molar refractivity (Wildman–Crippen MR) is 150 cm³/mol. The van der Waals surface area contributed by atoms with E-state index in [0.717, 1.165) is 10.4 Å². The summed E-state index contributed by atoms with van der Waals surface area (Å²) in [6, 6.07) is 10.5. The summed E-state index contributed by atoms with van der Waals surface area (Å²) in [6.45, 7) is 5.90. The van der Waals surface area contributed by atoms with Crippen LogP contribution in [0.4, 0.5) is 0 Å². The fourth-order valence-electron chi connectivity index (χ4n) is 6.08. The first-order valence-electron chi connectivity index (χ1n) is 14.1. The van der Waals surface area contributed by atoms with Gasteiger partial charge in [0.2, 0.25) is 11.8 Å². The van der Waals surface area contributed by atoms with Gasteiger partial charge in [-0.2, -0.15) is 0 Å². The van der Waals surface area contributed by atoms with E-state index in [9.17, 15) is 19.2 Å². The average Bonchev–Trinajstić information content (AvgIpc) is 3.61. The maximum Gasteiger partial charge on any atom is 0.309 e. The van der Waals surface area contributed by atoms with Crippen molar-refractivity contribution < 1.29 is 28.7 Å². The third kappa shape index (κ3) is 5.65. The molecular formula is C30H37N3O6S. The van der Waals surface area contributed by atoms with Crippen LogP contribution >= 0.6 is 11.3 Å². The molecule has 3 fully saturated rings. The lowest BCUT2D eigenvalue weighted by Gasteiger charge is -2.45. The van der Waals surface area contributed by atoms with Crippen molar-refractivity contribution in [1.82, 2.24) is 14.7 Å². The molecule has 4 heterocycles. The number of nitrogens with zero attached hydrogens (tertiary/aromatic N) is 3. The zero-order valence-electron chi connectivity index (χ0n) is 23.2. The highest BCUT2D eigenvalue weighted by atomic mass is 32.1. The molecule has 214 valence electrons. The summed E-state index contributed by atoms with van der Waals surface area (Å²) >= 11 is 1.57. The SMILES string of the molecule is CCOC(=O)C1CCN(C(=O)[C@@H]2COC3(CCN(C(=O)Cc4cccs4)CC3)N2C(=O)c2ccccc2C)CC1. The second-order valence-corrected chi connectivity index (χ2v) is 11.8. The van der Waals surface area contributed by atoms with Crippen molar-refractivity contribution in [2.45, 2.75) is 57.7 Å². The number of hydrogen-bond donors (Lipinski definition) is 0. The largest absolute Gasteiger partial charge is 0.466 e. The highest BCUT2D eigenvalue weighted by Gasteiger charge is 2.55. The first-order valence-corrected chi connectivity index (χ1v) is 15.0. The lowest BCUT2D eigenvalue weighted by molar-refractivity contribution is -0.152. The molecule has 1 aromatic carbocycles. The van der Waals surface area contributed by atoms with Gasteiger partial charge >= 0.3 is 5.97 Å². The summed E-state index contributed by atoms with van der Waals surface area (Å²) in [4.78, 5) is 59.4. The second kappa shape index (κ2) is 12.1. The second-order valence-electron chi connectivity index (χ2n) is 10.8. The van der Waals surface area contributed by atoms with Crippen LogP contribution in [0.25, 0.3) is 0 Å². The molecule has 0 bridgehead atoms. The Balaban J connectivity index is 1.33. The third-order valence-electron chi connectivity index (χ3n) is 8.37. The highest BCUT2D eigenvalue weighted by molar-refractivity contribution is 7.10. The molecule has 0 N–H and O–H groups in total. The minimum Gasteiger partial charge on any atom is -0.466 e. The Morgan fingerprint density at radius 1 is 1.00 bits per heavy atom. The predicted octanol–water partition coefficient (Wildman–Crippen LogP) is 3.26. The van der Waals surface area contributed by atoms with Gasteiger partial charge in [0.05, 0.1) is 25.6 Å². The Morgan fingerprint density at radius 2 is 1.73 bits per heavy atom. The van der Waals surface area contributed by atoms with Gasteiger partial charge in [0.15, 0.2) is 0 Å². The van der Waals surface area contributed by atoms with Gasteiger partial charge in [-0.25, -0.2) is 0 Å². The number of thiophene rings is 1. The Labute approximate surface area is 239 Å². The van der Waals surface area contributed by atoms with E-state index < -0.39 is 11.8 Å². The van der Waals surface area contributed by atoms with E-state index in [4.69, 9.17) is 9.47 Å². The number of benzene rings is 1. The molecule has 0 radical (unpaired) electrons. The molecule has 0 aliphatic carbocycles. The summed E-state index contributed by atoms with van der Waals surface area (Å²) < 4.78 is 11.5. The van der Waals surface area contributed by atoms with Crippen molar-refractivity contribution in [2.75, 3.05) is 39.4 Å². The number of likely N-dealkylation sites (tertiary alicyclic amines) is 2. The number of ether oxygens (including phenoxy) is 2. The van der Waals surface area contributed by atoms with E-state index in [1.54, 1.807) is 34.1 Å². The standard InChI is InChI=1S/C30H37N3O6S/c1-3-38-29(37)22-10-14-32(15-11-22)28(36)25-20-39-30(33(25)27(35)24-9-5-4-7-21(24)2)12-16-31(17-13-30)26(34)19-23-8-6-18-40-23/h4-9,18,22,25H,3,10-17,19-20H2,1-2H3/t25-/m0/s1. The normalized spacial score (nSPS) is 21.1. The van der Waals surface area contributed by atoms with Crippen molar-refractivity contribution >= 4 is 35.0 Å². The fraction of sp³-hybridized carbons (Fsp3) is 0.533. The summed E-state index contributed by atoms with van der Waals surface area (Å²) in [5.41, 5.74) is 0.421. The monoisotopic (exact) mass is 567 g/mol. The molecule has 0 saturated carbocycles. The number of rotatable bonds is 6. The fourth-order valence-corrected chi connectivity index (χ4v) is 6.78. The van der Waals surface area contributed by atoms with Crippen LogP contribution in [0.1, 0.15) is 53.4 Å². The minimum atomic E-state index is -0.956. The summed E-state index contributed by atoms with van der Waals surface area (Å²) in [5, 5.41) is 1.96. The van der Waals surface area contributed by atoms with Crippen LogP contribution in [-0.4, -0.2) is 89.6 Å². The molecule has 5 rings (SSSR count). The number of carbonyl (C=O) groups is 4. The molecule has 3 aliphatic heterocycles. The molecule has 2 aromatic rings. The third-order valence-corrected chi connectivity index (χ3v) is 9.25. The van der Waals surface area contributed by atoms with Crippen molar-refractivity contribution in [3.05, 3.63) is 57.8 Å². The van der Waals surface area contributed by atoms with Gasteiger partial charge < -0.3 is 19.3 Å². The number of esters is 1. The van der Waals surface area contributed by atoms with Crippen LogP contribution in [0.3, 0.4) is 0 Å². The first kappa shape index (κ1) is 28.3. The Morgan fingerprint density at radius 3 is 2.38 bits per heavy atom. The molecule has 3 amide bonds. The van der Waals surface area contributed by atoms with Gasteiger partial charge in [-0.15, -0.1) is 11.3 Å². The first-order chi connectivity index (χ1) is 19.3. The molecule has 1 aromatic heterocycles. The van der Waals surface area contributed by atoms with Crippen LogP contribution in [-0.2, 0) is 30.3 Å². The van der Waals surface area contributed by atoms with Gasteiger partial charge in [0.25, 0.3) is 5.91 Å². The molecule has 1 atom stereocenters. The number of piperidine rings is 2. The van der Waals surface area contributed by atoms with E-state index in [2.05, 4.69) is 0 Å². The topological polar surface area (TPSA) is 96.5 Å².